The number of benzene rings is 2. The monoisotopic (exact) mass is 326 g/mol. The number of carbonyl (C=O) groups excluding carboxylic acids is 1. The fourth-order valence-corrected chi connectivity index (χ4v) is 1.92. The molecule has 0 unspecified atom stereocenters. The third kappa shape index (κ3) is 3.71. The molecule has 0 spiro atoms. The highest BCUT2D eigenvalue weighted by atomic mass is 35.5. The zero-order valence-electron chi connectivity index (χ0n) is 10.5. The first-order valence-corrected chi connectivity index (χ1v) is 6.50. The maximum absolute atomic E-state index is 13.5. The smallest absolute Gasteiger partial charge is 0.275 e. The van der Waals surface area contributed by atoms with E-state index in [1.165, 1.54) is 36.4 Å². The van der Waals surface area contributed by atoms with Crippen molar-refractivity contribution in [1.29, 1.82) is 0 Å². The minimum absolute atomic E-state index is 0.0423. The Hall–Kier alpha value is -2.11. The van der Waals surface area contributed by atoms with Crippen molar-refractivity contribution in [1.82, 2.24) is 5.43 Å². The summed E-state index contributed by atoms with van der Waals surface area (Å²) in [6.07, 6.45) is 1.08. The Kier molecular flexibility index (Phi) is 4.77. The summed E-state index contributed by atoms with van der Waals surface area (Å²) in [4.78, 5) is 11.8. The number of hydrogen-bond acceptors (Lipinski definition) is 3. The number of hydrogen-bond donors (Lipinski definition) is 2. The average molecular weight is 327 g/mol. The van der Waals surface area contributed by atoms with Crippen LogP contribution in [0.2, 0.25) is 10.0 Å². The lowest BCUT2D eigenvalue weighted by atomic mass is 10.2. The first-order valence-electron chi connectivity index (χ1n) is 5.75. The van der Waals surface area contributed by atoms with Crippen LogP contribution in [-0.2, 0) is 0 Å². The third-order valence-electron chi connectivity index (χ3n) is 2.56. The van der Waals surface area contributed by atoms with Gasteiger partial charge in [-0.25, -0.2) is 9.82 Å². The van der Waals surface area contributed by atoms with Crippen molar-refractivity contribution in [3.8, 4) is 5.75 Å². The molecular weight excluding hydrogens is 318 g/mol. The highest BCUT2D eigenvalue weighted by Crippen LogP contribution is 2.21. The molecule has 0 aromatic heterocycles. The SMILES string of the molecule is O=C(N/N=C\c1c(F)cccc1Cl)c1cc(Cl)ccc1O. The standard InChI is InChI=1S/C14H9Cl2FN2O2/c15-8-4-5-13(20)9(6-8)14(21)19-18-7-10-11(16)2-1-3-12(10)17/h1-7,20H,(H,19,21)/b18-7-. The largest absolute Gasteiger partial charge is 0.507 e. The van der Waals surface area contributed by atoms with E-state index in [4.69, 9.17) is 23.2 Å². The first kappa shape index (κ1) is 15.3. The van der Waals surface area contributed by atoms with Crippen LogP contribution in [0.1, 0.15) is 15.9 Å². The van der Waals surface area contributed by atoms with Crippen molar-refractivity contribution in [3.63, 3.8) is 0 Å². The molecule has 4 nitrogen and oxygen atoms in total. The van der Waals surface area contributed by atoms with Gasteiger partial charge in [0.05, 0.1) is 16.8 Å². The predicted octanol–water partition coefficient (Wildman–Crippen LogP) is 3.60. The van der Waals surface area contributed by atoms with Crippen LogP contribution in [0.25, 0.3) is 0 Å². The Morgan fingerprint density at radius 2 is 2.05 bits per heavy atom. The van der Waals surface area contributed by atoms with Gasteiger partial charge in [0.1, 0.15) is 11.6 Å². The molecule has 0 atom stereocenters. The van der Waals surface area contributed by atoms with Gasteiger partial charge in [0.15, 0.2) is 0 Å². The molecule has 0 saturated carbocycles. The molecule has 0 fully saturated rings. The van der Waals surface area contributed by atoms with E-state index < -0.39 is 11.7 Å². The van der Waals surface area contributed by atoms with Gasteiger partial charge in [-0.15, -0.1) is 0 Å². The van der Waals surface area contributed by atoms with Gasteiger partial charge < -0.3 is 5.11 Å². The van der Waals surface area contributed by atoms with Gasteiger partial charge in [-0.2, -0.15) is 5.10 Å². The first-order chi connectivity index (χ1) is 9.99. The van der Waals surface area contributed by atoms with Gasteiger partial charge in [0, 0.05) is 10.6 Å². The Morgan fingerprint density at radius 1 is 1.29 bits per heavy atom. The molecule has 0 radical (unpaired) electrons. The topological polar surface area (TPSA) is 61.7 Å². The van der Waals surface area contributed by atoms with E-state index in [-0.39, 0.29) is 21.9 Å². The lowest BCUT2D eigenvalue weighted by Gasteiger charge is -2.03. The Morgan fingerprint density at radius 3 is 2.76 bits per heavy atom. The molecule has 0 heterocycles. The third-order valence-corrected chi connectivity index (χ3v) is 3.13. The lowest BCUT2D eigenvalue weighted by molar-refractivity contribution is 0.0952. The van der Waals surface area contributed by atoms with Crippen LogP contribution in [0.3, 0.4) is 0 Å². The number of phenolic OH excluding ortho intramolecular Hbond substituents is 1. The Labute approximate surface area is 129 Å². The lowest BCUT2D eigenvalue weighted by Crippen LogP contribution is -2.17. The van der Waals surface area contributed by atoms with Crippen molar-refractivity contribution in [3.05, 3.63) is 63.4 Å². The normalized spacial score (nSPS) is 10.8. The van der Waals surface area contributed by atoms with Crippen LogP contribution in [-0.4, -0.2) is 17.2 Å². The van der Waals surface area contributed by atoms with Crippen molar-refractivity contribution < 1.29 is 14.3 Å². The van der Waals surface area contributed by atoms with Gasteiger partial charge in [0.2, 0.25) is 0 Å². The molecule has 0 aliphatic heterocycles. The fourth-order valence-electron chi connectivity index (χ4n) is 1.54. The maximum atomic E-state index is 13.5. The zero-order valence-corrected chi connectivity index (χ0v) is 12.0. The molecule has 0 bridgehead atoms. The van der Waals surface area contributed by atoms with Crippen LogP contribution in [0.5, 0.6) is 5.75 Å². The number of nitrogens with zero attached hydrogens (tertiary/aromatic N) is 1. The summed E-state index contributed by atoms with van der Waals surface area (Å²) in [5.74, 6) is -1.49. The van der Waals surface area contributed by atoms with Crippen LogP contribution in [0, 0.1) is 5.82 Å². The van der Waals surface area contributed by atoms with Crippen molar-refractivity contribution in [2.24, 2.45) is 5.10 Å². The van der Waals surface area contributed by atoms with E-state index in [1.807, 2.05) is 0 Å². The number of rotatable bonds is 3. The van der Waals surface area contributed by atoms with Crippen molar-refractivity contribution in [2.45, 2.75) is 0 Å². The van der Waals surface area contributed by atoms with Gasteiger partial charge >= 0.3 is 0 Å². The fraction of sp³-hybridized carbons (Fsp3) is 0. The summed E-state index contributed by atoms with van der Waals surface area (Å²) in [6, 6.07) is 8.19. The summed E-state index contributed by atoms with van der Waals surface area (Å²) in [5.41, 5.74) is 2.16. The molecule has 1 amide bonds. The van der Waals surface area contributed by atoms with Crippen molar-refractivity contribution >= 4 is 35.3 Å². The van der Waals surface area contributed by atoms with Crippen LogP contribution in [0.4, 0.5) is 4.39 Å². The number of phenols is 1. The molecule has 2 N–H and O–H groups in total. The zero-order chi connectivity index (χ0) is 15.4. The summed E-state index contributed by atoms with van der Waals surface area (Å²) in [7, 11) is 0. The number of halogens is 3. The van der Waals surface area contributed by atoms with E-state index in [2.05, 4.69) is 10.5 Å². The van der Waals surface area contributed by atoms with E-state index in [0.717, 1.165) is 6.21 Å². The number of aromatic hydroxyl groups is 1. The highest BCUT2D eigenvalue weighted by Gasteiger charge is 2.11. The second kappa shape index (κ2) is 6.56. The minimum Gasteiger partial charge on any atom is -0.507 e. The summed E-state index contributed by atoms with van der Waals surface area (Å²) in [6.45, 7) is 0. The van der Waals surface area contributed by atoms with E-state index in [0.29, 0.717) is 5.02 Å². The molecule has 2 aromatic rings. The maximum Gasteiger partial charge on any atom is 0.275 e. The molecule has 0 aliphatic carbocycles. The van der Waals surface area contributed by atoms with Crippen LogP contribution < -0.4 is 5.43 Å². The number of nitrogens with one attached hydrogen (secondary N) is 1. The van der Waals surface area contributed by atoms with Crippen LogP contribution in [0.15, 0.2) is 41.5 Å². The van der Waals surface area contributed by atoms with E-state index >= 15 is 0 Å². The van der Waals surface area contributed by atoms with Gasteiger partial charge in [-0.3, -0.25) is 4.79 Å². The Bertz CT molecular complexity index is 700. The molecule has 108 valence electrons. The minimum atomic E-state index is -0.682. The molecule has 0 saturated heterocycles. The summed E-state index contributed by atoms with van der Waals surface area (Å²) < 4.78 is 13.5. The average Bonchev–Trinajstić information content (AvgIpc) is 2.44. The van der Waals surface area contributed by atoms with Crippen LogP contribution >= 0.6 is 23.2 Å². The molecule has 2 aromatic carbocycles. The van der Waals surface area contributed by atoms with Gasteiger partial charge in [-0.1, -0.05) is 29.3 Å². The number of carbonyl (C=O) groups is 1. The van der Waals surface area contributed by atoms with Gasteiger partial charge in [0.25, 0.3) is 5.91 Å². The van der Waals surface area contributed by atoms with Crippen molar-refractivity contribution in [2.75, 3.05) is 0 Å². The van der Waals surface area contributed by atoms with E-state index in [9.17, 15) is 14.3 Å². The van der Waals surface area contributed by atoms with E-state index in [1.54, 1.807) is 0 Å². The predicted molar refractivity (Wildman–Crippen MR) is 79.6 cm³/mol. The molecular formula is C14H9Cl2FN2O2. The quantitative estimate of drug-likeness (QED) is 0.668. The molecule has 7 heteroatoms. The van der Waals surface area contributed by atoms with Gasteiger partial charge in [-0.05, 0) is 30.3 Å². The Balaban J connectivity index is 2.14. The number of amides is 1. The molecule has 2 rings (SSSR count). The number of hydrazone groups is 1. The second-order valence-corrected chi connectivity index (χ2v) is 4.84. The summed E-state index contributed by atoms with van der Waals surface area (Å²) >= 11 is 11.5. The summed E-state index contributed by atoms with van der Waals surface area (Å²) in [5, 5.41) is 13.6. The molecule has 0 aliphatic rings. The molecule has 21 heavy (non-hydrogen) atoms. The highest BCUT2D eigenvalue weighted by molar-refractivity contribution is 6.33. The second-order valence-electron chi connectivity index (χ2n) is 4.00.